The minimum atomic E-state index is -1.54. The van der Waals surface area contributed by atoms with E-state index in [0.29, 0.717) is 31.3 Å². The van der Waals surface area contributed by atoms with Crippen molar-refractivity contribution in [2.24, 2.45) is 28.6 Å². The molecule has 1 N–H and O–H groups in total. The number of ketones is 1. The van der Waals surface area contributed by atoms with Crippen LogP contribution in [0, 0.1) is 28.6 Å². The molecule has 6 aliphatic rings. The molecule has 2 saturated carbocycles. The highest BCUT2D eigenvalue weighted by Crippen LogP contribution is 2.74. The molecule has 3 fully saturated rings. The SMILES string of the molecule is C=C(C)C(=O)O[C@H]1C=CC(=O)[C@]2(C)[C@H]3CC[C@]4(C)C([C@H](C)[C@H]5CC(C)=C(C)C(=O)O5)=C[C@H](OC(C)=O)[C@@]4(O)[C@@H]3C[C@H]3O[C@]132. The molecule has 0 aromatic heterocycles. The van der Waals surface area contributed by atoms with Gasteiger partial charge in [0, 0.05) is 35.8 Å². The summed E-state index contributed by atoms with van der Waals surface area (Å²) in [5.74, 6) is -2.59. The van der Waals surface area contributed by atoms with Gasteiger partial charge in [-0.15, -0.1) is 0 Å². The average Bonchev–Trinajstić information content (AvgIpc) is 3.62. The molecule has 43 heavy (non-hydrogen) atoms. The van der Waals surface area contributed by atoms with Crippen molar-refractivity contribution in [2.75, 3.05) is 0 Å². The van der Waals surface area contributed by atoms with Gasteiger partial charge >= 0.3 is 17.9 Å². The lowest BCUT2D eigenvalue weighted by molar-refractivity contribution is -0.225. The Labute approximate surface area is 252 Å². The minimum Gasteiger partial charge on any atom is -0.458 e. The van der Waals surface area contributed by atoms with Crippen LogP contribution in [0.5, 0.6) is 0 Å². The smallest absolute Gasteiger partial charge is 0.333 e. The van der Waals surface area contributed by atoms with E-state index < -0.39 is 64.3 Å². The lowest BCUT2D eigenvalue weighted by Crippen LogP contribution is -2.70. The molecule has 0 aromatic carbocycles. The van der Waals surface area contributed by atoms with Crippen LogP contribution in [0.25, 0.3) is 0 Å². The number of fused-ring (bicyclic) bond motifs is 4. The lowest BCUT2D eigenvalue weighted by atomic mass is 9.42. The van der Waals surface area contributed by atoms with Gasteiger partial charge < -0.3 is 24.1 Å². The quantitative estimate of drug-likeness (QED) is 0.165. The number of epoxide rings is 1. The van der Waals surface area contributed by atoms with Crippen LogP contribution in [0.2, 0.25) is 0 Å². The number of allylic oxidation sites excluding steroid dienone is 1. The monoisotopic (exact) mass is 594 g/mol. The van der Waals surface area contributed by atoms with Crippen LogP contribution in [-0.4, -0.2) is 64.4 Å². The third-order valence-corrected chi connectivity index (χ3v) is 12.1. The zero-order valence-corrected chi connectivity index (χ0v) is 26.0. The van der Waals surface area contributed by atoms with Crippen molar-refractivity contribution in [3.8, 4) is 0 Å². The number of esters is 3. The van der Waals surface area contributed by atoms with Crippen molar-refractivity contribution < 1.29 is 43.2 Å². The van der Waals surface area contributed by atoms with E-state index in [1.54, 1.807) is 19.9 Å². The van der Waals surface area contributed by atoms with Crippen LogP contribution < -0.4 is 0 Å². The highest BCUT2D eigenvalue weighted by molar-refractivity contribution is 5.98. The molecule has 0 amide bonds. The second-order valence-electron chi connectivity index (χ2n) is 14.1. The Morgan fingerprint density at radius 2 is 1.81 bits per heavy atom. The highest BCUT2D eigenvalue weighted by Gasteiger charge is 2.83. The molecule has 0 bridgehead atoms. The number of hydrogen-bond donors (Lipinski definition) is 1. The van der Waals surface area contributed by atoms with Gasteiger partial charge in [0.2, 0.25) is 0 Å². The number of cyclic esters (lactones) is 1. The standard InChI is InChI=1S/C34H42O9/c1-16(2)29(37)42-26-10-9-25(36)32(8)21-11-12-31(7)22(19(5)24-13-17(3)18(4)30(38)41-24)14-27(40-20(6)35)33(31,39)23(21)15-28-34(26,32)43-28/h9-10,14,19,21,23-24,26-28,39H,1,11-13,15H2,2-8H3/t19-,21-,23+,24+,26-,27-,28+,31+,32-,33-,34+/m0/s1. The number of hydrogen-bond acceptors (Lipinski definition) is 9. The summed E-state index contributed by atoms with van der Waals surface area (Å²) in [7, 11) is 0. The predicted octanol–water partition coefficient (Wildman–Crippen LogP) is 4.08. The summed E-state index contributed by atoms with van der Waals surface area (Å²) in [5, 5.41) is 13.0. The van der Waals surface area contributed by atoms with Crippen molar-refractivity contribution >= 4 is 23.7 Å². The van der Waals surface area contributed by atoms with Gasteiger partial charge in [-0.1, -0.05) is 31.6 Å². The lowest BCUT2D eigenvalue weighted by Gasteiger charge is -2.61. The van der Waals surface area contributed by atoms with E-state index in [0.717, 1.165) is 11.1 Å². The van der Waals surface area contributed by atoms with E-state index in [2.05, 4.69) is 6.58 Å². The Morgan fingerprint density at radius 3 is 2.44 bits per heavy atom. The van der Waals surface area contributed by atoms with Crippen LogP contribution in [0.3, 0.4) is 0 Å². The molecule has 4 aliphatic carbocycles. The Balaban J connectivity index is 1.39. The van der Waals surface area contributed by atoms with Gasteiger partial charge in [-0.2, -0.15) is 0 Å². The van der Waals surface area contributed by atoms with Crippen LogP contribution in [0.1, 0.15) is 74.1 Å². The first-order chi connectivity index (χ1) is 20.0. The van der Waals surface area contributed by atoms with Crippen LogP contribution >= 0.6 is 0 Å². The van der Waals surface area contributed by atoms with Gasteiger partial charge in [0.05, 0.1) is 11.5 Å². The Kier molecular flexibility index (Phi) is 6.61. The van der Waals surface area contributed by atoms with Crippen LogP contribution in [0.4, 0.5) is 0 Å². The van der Waals surface area contributed by atoms with Gasteiger partial charge in [0.1, 0.15) is 23.4 Å². The zero-order chi connectivity index (χ0) is 31.4. The third kappa shape index (κ3) is 3.76. The zero-order valence-electron chi connectivity index (χ0n) is 26.0. The molecule has 232 valence electrons. The van der Waals surface area contributed by atoms with Crippen LogP contribution in [0.15, 0.2) is 47.1 Å². The maximum absolute atomic E-state index is 13.8. The van der Waals surface area contributed by atoms with E-state index >= 15 is 0 Å². The van der Waals surface area contributed by atoms with Crippen LogP contribution in [-0.2, 0) is 38.1 Å². The Bertz CT molecular complexity index is 1440. The summed E-state index contributed by atoms with van der Waals surface area (Å²) >= 11 is 0. The van der Waals surface area contributed by atoms with Gasteiger partial charge in [-0.05, 0) is 77.0 Å². The van der Waals surface area contributed by atoms with Crippen molar-refractivity contribution in [1.82, 2.24) is 0 Å². The molecule has 2 aliphatic heterocycles. The van der Waals surface area contributed by atoms with Crippen molar-refractivity contribution in [3.05, 3.63) is 47.1 Å². The minimum absolute atomic E-state index is 0.130. The topological polar surface area (TPSA) is 129 Å². The molecule has 11 atom stereocenters. The van der Waals surface area contributed by atoms with E-state index in [4.69, 9.17) is 18.9 Å². The fourth-order valence-corrected chi connectivity index (χ4v) is 9.46. The molecule has 9 nitrogen and oxygen atoms in total. The molecule has 0 unspecified atom stereocenters. The second kappa shape index (κ2) is 9.48. The average molecular weight is 595 g/mol. The molecule has 2 heterocycles. The Hall–Kier alpha value is -3.04. The largest absolute Gasteiger partial charge is 0.458 e. The van der Waals surface area contributed by atoms with Crippen molar-refractivity contribution in [2.45, 2.75) is 110 Å². The maximum atomic E-state index is 13.8. The summed E-state index contributed by atoms with van der Waals surface area (Å²) in [6.07, 6.45) is 4.43. The van der Waals surface area contributed by atoms with E-state index in [1.165, 1.54) is 13.0 Å². The number of carbonyl (C=O) groups is 4. The van der Waals surface area contributed by atoms with E-state index in [-0.39, 0.29) is 29.2 Å². The molecular formula is C34H42O9. The second-order valence-corrected chi connectivity index (χ2v) is 14.1. The molecule has 0 aromatic rings. The molecular weight excluding hydrogens is 552 g/mol. The molecule has 0 radical (unpaired) electrons. The first-order valence-corrected chi connectivity index (χ1v) is 15.3. The summed E-state index contributed by atoms with van der Waals surface area (Å²) in [6.45, 7) is 16.2. The fraction of sp³-hybridized carbons (Fsp3) is 0.647. The normalized spacial score (nSPS) is 45.1. The number of aliphatic hydroxyl groups is 1. The maximum Gasteiger partial charge on any atom is 0.333 e. The van der Waals surface area contributed by atoms with Gasteiger partial charge in [0.15, 0.2) is 11.9 Å². The van der Waals surface area contributed by atoms with Gasteiger partial charge in [0.25, 0.3) is 0 Å². The van der Waals surface area contributed by atoms with Gasteiger partial charge in [-0.3, -0.25) is 9.59 Å². The molecule has 1 spiro atoms. The Morgan fingerprint density at radius 1 is 1.12 bits per heavy atom. The summed E-state index contributed by atoms with van der Waals surface area (Å²) in [5.41, 5.74) is -1.75. The molecule has 1 saturated heterocycles. The summed E-state index contributed by atoms with van der Waals surface area (Å²) in [4.78, 5) is 51.5. The van der Waals surface area contributed by atoms with E-state index in [1.807, 2.05) is 33.8 Å². The molecule has 6 rings (SSSR count). The first kappa shape index (κ1) is 30.0. The van der Waals surface area contributed by atoms with Gasteiger partial charge in [-0.25, -0.2) is 9.59 Å². The molecule has 9 heteroatoms. The number of ether oxygens (including phenoxy) is 4. The highest BCUT2D eigenvalue weighted by atomic mass is 16.7. The summed E-state index contributed by atoms with van der Waals surface area (Å²) in [6, 6.07) is 0. The van der Waals surface area contributed by atoms with E-state index in [9.17, 15) is 24.3 Å². The number of carbonyl (C=O) groups excluding carboxylic acids is 4. The first-order valence-electron chi connectivity index (χ1n) is 15.3. The third-order valence-electron chi connectivity index (χ3n) is 12.1. The predicted molar refractivity (Wildman–Crippen MR) is 154 cm³/mol. The van der Waals surface area contributed by atoms with Crippen molar-refractivity contribution in [1.29, 1.82) is 0 Å². The fourth-order valence-electron chi connectivity index (χ4n) is 9.46. The number of rotatable bonds is 5. The van der Waals surface area contributed by atoms with Crippen molar-refractivity contribution in [3.63, 3.8) is 0 Å². The summed E-state index contributed by atoms with van der Waals surface area (Å²) < 4.78 is 23.9.